The van der Waals surface area contributed by atoms with Crippen LogP contribution < -0.4 is 24.3 Å². The van der Waals surface area contributed by atoms with E-state index in [-0.39, 0.29) is 24.7 Å². The van der Waals surface area contributed by atoms with Crippen LogP contribution in [0, 0.1) is 6.92 Å². The zero-order chi connectivity index (χ0) is 23.1. The first-order chi connectivity index (χ1) is 16.6. The SMILES string of the molecule is Cc1ccc2c3c(ccc2n1)OC[C@H](CN1CCC[C@H](Oc2ccc4c(c2)NC(=O)CO4)C1)O3. The Morgan fingerprint density at radius 2 is 2.06 bits per heavy atom. The molecule has 0 saturated carbocycles. The summed E-state index contributed by atoms with van der Waals surface area (Å²) in [6, 6.07) is 13.6. The molecule has 3 aromatic rings. The van der Waals surface area contributed by atoms with Gasteiger partial charge >= 0.3 is 0 Å². The van der Waals surface area contributed by atoms with Crippen molar-refractivity contribution in [1.29, 1.82) is 0 Å². The summed E-state index contributed by atoms with van der Waals surface area (Å²) in [5, 5.41) is 3.82. The largest absolute Gasteiger partial charge is 0.489 e. The fourth-order valence-corrected chi connectivity index (χ4v) is 4.86. The molecule has 3 aliphatic heterocycles. The minimum absolute atomic E-state index is 0.0498. The number of fused-ring (bicyclic) bond motifs is 4. The van der Waals surface area contributed by atoms with Gasteiger partial charge in [0.05, 0.1) is 11.2 Å². The van der Waals surface area contributed by atoms with Gasteiger partial charge in [-0.2, -0.15) is 0 Å². The molecule has 1 saturated heterocycles. The number of aryl methyl sites for hydroxylation is 1. The smallest absolute Gasteiger partial charge is 0.262 e. The molecule has 6 rings (SSSR count). The van der Waals surface area contributed by atoms with Crippen molar-refractivity contribution in [2.45, 2.75) is 32.0 Å². The predicted molar refractivity (Wildman–Crippen MR) is 127 cm³/mol. The van der Waals surface area contributed by atoms with Gasteiger partial charge in [0.1, 0.15) is 30.3 Å². The lowest BCUT2D eigenvalue weighted by atomic mass is 10.1. The molecule has 8 nitrogen and oxygen atoms in total. The van der Waals surface area contributed by atoms with Crippen LogP contribution in [0.25, 0.3) is 10.9 Å². The molecular weight excluding hydrogens is 434 g/mol. The Balaban J connectivity index is 1.11. The molecular formula is C26H27N3O5. The molecule has 1 N–H and O–H groups in total. The van der Waals surface area contributed by atoms with Crippen LogP contribution in [0.4, 0.5) is 5.69 Å². The second kappa shape index (κ2) is 8.68. The molecule has 1 fully saturated rings. The Morgan fingerprint density at radius 1 is 1.15 bits per heavy atom. The first kappa shape index (κ1) is 21.0. The predicted octanol–water partition coefficient (Wildman–Crippen LogP) is 3.56. The molecule has 1 aromatic heterocycles. The number of nitrogens with one attached hydrogen (secondary N) is 1. The van der Waals surface area contributed by atoms with E-state index in [2.05, 4.69) is 21.3 Å². The summed E-state index contributed by atoms with van der Waals surface area (Å²) in [5.74, 6) is 2.81. The number of benzene rings is 2. The summed E-state index contributed by atoms with van der Waals surface area (Å²) >= 11 is 0. The minimum atomic E-state index is -0.150. The number of hydrogen-bond acceptors (Lipinski definition) is 7. The number of amides is 1. The molecule has 2 atom stereocenters. The number of pyridine rings is 1. The average Bonchev–Trinajstić information content (AvgIpc) is 2.83. The third-order valence-electron chi connectivity index (χ3n) is 6.44. The lowest BCUT2D eigenvalue weighted by Crippen LogP contribution is -2.47. The van der Waals surface area contributed by atoms with Gasteiger partial charge in [-0.1, -0.05) is 0 Å². The van der Waals surface area contributed by atoms with Crippen molar-refractivity contribution in [1.82, 2.24) is 9.88 Å². The van der Waals surface area contributed by atoms with Crippen LogP contribution >= 0.6 is 0 Å². The maximum atomic E-state index is 11.6. The lowest BCUT2D eigenvalue weighted by Gasteiger charge is -2.36. The number of hydrogen-bond donors (Lipinski definition) is 1. The van der Waals surface area contributed by atoms with E-state index in [1.165, 1.54) is 0 Å². The number of aromatic nitrogens is 1. The molecule has 0 bridgehead atoms. The normalized spacial score (nSPS) is 22.0. The Bertz CT molecular complexity index is 1250. The van der Waals surface area contributed by atoms with Crippen molar-refractivity contribution in [3.63, 3.8) is 0 Å². The van der Waals surface area contributed by atoms with Crippen LogP contribution in [0.3, 0.4) is 0 Å². The molecule has 1 amide bonds. The number of piperidine rings is 1. The Kier molecular flexibility index (Phi) is 5.37. The maximum absolute atomic E-state index is 11.6. The molecule has 0 spiro atoms. The van der Waals surface area contributed by atoms with Crippen LogP contribution in [-0.2, 0) is 4.79 Å². The van der Waals surface area contributed by atoms with Crippen molar-refractivity contribution in [3.8, 4) is 23.0 Å². The van der Waals surface area contributed by atoms with E-state index in [0.717, 1.165) is 66.3 Å². The number of nitrogens with zero attached hydrogens (tertiary/aromatic N) is 2. The third kappa shape index (κ3) is 4.21. The first-order valence-corrected chi connectivity index (χ1v) is 11.8. The van der Waals surface area contributed by atoms with Crippen LogP contribution in [0.5, 0.6) is 23.0 Å². The van der Waals surface area contributed by atoms with Crippen LogP contribution in [0.15, 0.2) is 42.5 Å². The summed E-state index contributed by atoms with van der Waals surface area (Å²) in [6.07, 6.45) is 2.04. The van der Waals surface area contributed by atoms with E-state index in [9.17, 15) is 4.79 Å². The summed E-state index contributed by atoms with van der Waals surface area (Å²) in [5.41, 5.74) is 2.56. The van der Waals surface area contributed by atoms with Gasteiger partial charge in [-0.25, -0.2) is 0 Å². The van der Waals surface area contributed by atoms with Gasteiger partial charge in [0, 0.05) is 30.2 Å². The number of ether oxygens (including phenoxy) is 4. The quantitative estimate of drug-likeness (QED) is 0.636. The summed E-state index contributed by atoms with van der Waals surface area (Å²) in [4.78, 5) is 18.6. The lowest BCUT2D eigenvalue weighted by molar-refractivity contribution is -0.118. The van der Waals surface area contributed by atoms with Crippen LogP contribution in [0.1, 0.15) is 18.5 Å². The Hall–Kier alpha value is -3.52. The average molecular weight is 462 g/mol. The monoisotopic (exact) mass is 461 g/mol. The van der Waals surface area contributed by atoms with Crippen molar-refractivity contribution < 1.29 is 23.7 Å². The molecule has 0 aliphatic carbocycles. The zero-order valence-corrected chi connectivity index (χ0v) is 19.1. The molecule has 176 valence electrons. The van der Waals surface area contributed by atoms with Gasteiger partial charge in [-0.3, -0.25) is 14.7 Å². The zero-order valence-electron chi connectivity index (χ0n) is 19.1. The van der Waals surface area contributed by atoms with Gasteiger partial charge in [-0.15, -0.1) is 0 Å². The fourth-order valence-electron chi connectivity index (χ4n) is 4.86. The molecule has 34 heavy (non-hydrogen) atoms. The number of anilines is 1. The van der Waals surface area contributed by atoms with E-state index in [1.54, 1.807) is 0 Å². The number of rotatable bonds is 4. The van der Waals surface area contributed by atoms with E-state index < -0.39 is 0 Å². The number of likely N-dealkylation sites (tertiary alicyclic amines) is 1. The van der Waals surface area contributed by atoms with Crippen molar-refractivity contribution in [2.75, 3.05) is 38.2 Å². The molecule has 8 heteroatoms. The van der Waals surface area contributed by atoms with Crippen LogP contribution in [0.2, 0.25) is 0 Å². The highest BCUT2D eigenvalue weighted by Gasteiger charge is 2.29. The Morgan fingerprint density at radius 3 is 3.00 bits per heavy atom. The highest BCUT2D eigenvalue weighted by atomic mass is 16.6. The van der Waals surface area contributed by atoms with E-state index in [4.69, 9.17) is 18.9 Å². The highest BCUT2D eigenvalue weighted by molar-refractivity contribution is 5.95. The third-order valence-corrected chi connectivity index (χ3v) is 6.44. The number of carbonyl (C=O) groups is 1. The highest BCUT2D eigenvalue weighted by Crippen LogP contribution is 2.38. The summed E-state index contributed by atoms with van der Waals surface area (Å²) in [7, 11) is 0. The van der Waals surface area contributed by atoms with Gasteiger partial charge in [0.2, 0.25) is 0 Å². The van der Waals surface area contributed by atoms with Crippen molar-refractivity contribution >= 4 is 22.5 Å². The van der Waals surface area contributed by atoms with Gasteiger partial charge in [-0.05, 0) is 62.7 Å². The van der Waals surface area contributed by atoms with Crippen molar-refractivity contribution in [2.24, 2.45) is 0 Å². The van der Waals surface area contributed by atoms with Crippen LogP contribution in [-0.4, -0.2) is 60.8 Å². The van der Waals surface area contributed by atoms with E-state index in [0.29, 0.717) is 18.0 Å². The van der Waals surface area contributed by atoms with Gasteiger partial charge < -0.3 is 24.3 Å². The summed E-state index contributed by atoms with van der Waals surface area (Å²) < 4.78 is 24.2. The minimum Gasteiger partial charge on any atom is -0.489 e. The Labute approximate surface area is 197 Å². The van der Waals surface area contributed by atoms with E-state index in [1.807, 2.05) is 43.3 Å². The van der Waals surface area contributed by atoms with Gasteiger partial charge in [0.25, 0.3) is 5.91 Å². The second-order valence-electron chi connectivity index (χ2n) is 9.10. The van der Waals surface area contributed by atoms with Crippen molar-refractivity contribution in [3.05, 3.63) is 48.2 Å². The van der Waals surface area contributed by atoms with E-state index >= 15 is 0 Å². The fraction of sp³-hybridized carbons (Fsp3) is 0.385. The topological polar surface area (TPSA) is 82.2 Å². The molecule has 2 aromatic carbocycles. The molecule has 0 radical (unpaired) electrons. The first-order valence-electron chi connectivity index (χ1n) is 11.8. The standard InChI is InChI=1S/C26H27N3O5/c1-16-4-6-20-21(27-16)7-9-24-26(20)34-19(14-31-24)13-29-10-2-3-18(12-29)33-17-5-8-23-22(11-17)28-25(30)15-32-23/h4-9,11,18-19H,2-3,10,12-15H2,1H3,(H,28,30)/t18-,19-/m0/s1. The molecule has 0 unspecified atom stereocenters. The molecule has 3 aliphatic rings. The number of carbonyl (C=O) groups excluding carboxylic acids is 1. The van der Waals surface area contributed by atoms with Gasteiger partial charge in [0.15, 0.2) is 18.1 Å². The molecule has 4 heterocycles. The maximum Gasteiger partial charge on any atom is 0.262 e. The second-order valence-corrected chi connectivity index (χ2v) is 9.10. The summed E-state index contributed by atoms with van der Waals surface area (Å²) in [6.45, 7) is 5.13.